The molecule has 102 valence electrons. The van der Waals surface area contributed by atoms with Crippen LogP contribution in [0.25, 0.3) is 5.69 Å². The molecule has 0 spiro atoms. The summed E-state index contributed by atoms with van der Waals surface area (Å²) < 4.78 is 7.25. The molecule has 3 N–H and O–H groups in total. The van der Waals surface area contributed by atoms with E-state index in [9.17, 15) is 0 Å². The SMILES string of the molecule is COC(C)(C)C(NN)c1cnnn1-c1ccccc1. The van der Waals surface area contributed by atoms with Crippen LogP contribution in [-0.4, -0.2) is 27.7 Å². The van der Waals surface area contributed by atoms with Gasteiger partial charge in [0.25, 0.3) is 0 Å². The minimum atomic E-state index is -0.483. The molecule has 6 heteroatoms. The molecule has 0 aliphatic heterocycles. The quantitative estimate of drug-likeness (QED) is 0.624. The predicted octanol–water partition coefficient (Wildman–Crippen LogP) is 1.20. The Balaban J connectivity index is 2.44. The second-order valence-corrected chi connectivity index (χ2v) is 4.81. The Bertz CT molecular complexity index is 523. The van der Waals surface area contributed by atoms with Crippen LogP contribution in [0, 0.1) is 0 Å². The number of hydrogen-bond acceptors (Lipinski definition) is 5. The first-order valence-electron chi connectivity index (χ1n) is 6.07. The fraction of sp³-hybridized carbons (Fsp3) is 0.385. The van der Waals surface area contributed by atoms with Crippen molar-refractivity contribution in [3.63, 3.8) is 0 Å². The van der Waals surface area contributed by atoms with E-state index in [1.807, 2.05) is 44.2 Å². The monoisotopic (exact) mass is 261 g/mol. The van der Waals surface area contributed by atoms with Crippen molar-refractivity contribution in [2.75, 3.05) is 7.11 Å². The molecule has 1 heterocycles. The van der Waals surface area contributed by atoms with Gasteiger partial charge in [0.15, 0.2) is 0 Å². The molecule has 0 amide bonds. The van der Waals surface area contributed by atoms with Crippen molar-refractivity contribution < 1.29 is 4.74 Å². The van der Waals surface area contributed by atoms with Crippen molar-refractivity contribution in [1.29, 1.82) is 0 Å². The van der Waals surface area contributed by atoms with Gasteiger partial charge in [-0.3, -0.25) is 5.84 Å². The Labute approximate surface area is 112 Å². The molecule has 1 aromatic carbocycles. The fourth-order valence-electron chi connectivity index (χ4n) is 1.97. The minimum Gasteiger partial charge on any atom is -0.377 e. The van der Waals surface area contributed by atoms with Crippen LogP contribution in [0.1, 0.15) is 25.6 Å². The second-order valence-electron chi connectivity index (χ2n) is 4.81. The summed E-state index contributed by atoms with van der Waals surface area (Å²) in [5, 5.41) is 8.10. The van der Waals surface area contributed by atoms with Crippen LogP contribution in [0.4, 0.5) is 0 Å². The summed E-state index contributed by atoms with van der Waals surface area (Å²) in [7, 11) is 1.65. The third-order valence-electron chi connectivity index (χ3n) is 3.26. The van der Waals surface area contributed by atoms with Crippen molar-refractivity contribution in [2.45, 2.75) is 25.5 Å². The summed E-state index contributed by atoms with van der Waals surface area (Å²) in [5.74, 6) is 5.67. The van der Waals surface area contributed by atoms with Crippen LogP contribution in [-0.2, 0) is 4.74 Å². The van der Waals surface area contributed by atoms with Crippen LogP contribution in [0.15, 0.2) is 36.5 Å². The summed E-state index contributed by atoms with van der Waals surface area (Å²) in [6.07, 6.45) is 1.69. The van der Waals surface area contributed by atoms with E-state index in [0.29, 0.717) is 0 Å². The largest absolute Gasteiger partial charge is 0.377 e. The molecule has 0 saturated carbocycles. The lowest BCUT2D eigenvalue weighted by molar-refractivity contribution is -0.0129. The van der Waals surface area contributed by atoms with E-state index >= 15 is 0 Å². The summed E-state index contributed by atoms with van der Waals surface area (Å²) in [6, 6.07) is 9.56. The summed E-state index contributed by atoms with van der Waals surface area (Å²) in [5.41, 5.74) is 4.08. The molecule has 0 bridgehead atoms. The van der Waals surface area contributed by atoms with Gasteiger partial charge in [-0.05, 0) is 26.0 Å². The lowest BCUT2D eigenvalue weighted by Crippen LogP contribution is -2.44. The molecule has 0 saturated heterocycles. The number of rotatable bonds is 5. The first kappa shape index (κ1) is 13.7. The number of nitrogens with zero attached hydrogens (tertiary/aromatic N) is 3. The number of nitrogens with two attached hydrogens (primary N) is 1. The molecule has 2 aromatic rings. The highest BCUT2D eigenvalue weighted by atomic mass is 16.5. The number of aromatic nitrogens is 3. The lowest BCUT2D eigenvalue weighted by atomic mass is 9.96. The molecular weight excluding hydrogens is 242 g/mol. The molecule has 0 radical (unpaired) electrons. The van der Waals surface area contributed by atoms with Gasteiger partial charge in [0.1, 0.15) is 0 Å². The molecule has 1 atom stereocenters. The Morgan fingerprint density at radius 3 is 2.58 bits per heavy atom. The third kappa shape index (κ3) is 2.65. The smallest absolute Gasteiger partial charge is 0.0933 e. The number of benzene rings is 1. The minimum absolute atomic E-state index is 0.229. The molecule has 6 nitrogen and oxygen atoms in total. The fourth-order valence-corrected chi connectivity index (χ4v) is 1.97. The van der Waals surface area contributed by atoms with Gasteiger partial charge in [-0.2, -0.15) is 0 Å². The van der Waals surface area contributed by atoms with E-state index in [1.54, 1.807) is 18.0 Å². The molecule has 0 fully saturated rings. The summed E-state index contributed by atoms with van der Waals surface area (Å²) in [6.45, 7) is 3.92. The van der Waals surface area contributed by atoms with Crippen LogP contribution < -0.4 is 11.3 Å². The third-order valence-corrected chi connectivity index (χ3v) is 3.26. The molecule has 19 heavy (non-hydrogen) atoms. The van der Waals surface area contributed by atoms with Crippen molar-refractivity contribution in [2.24, 2.45) is 5.84 Å². The second kappa shape index (κ2) is 5.48. The summed E-state index contributed by atoms with van der Waals surface area (Å²) >= 11 is 0. The molecular formula is C13H19N5O. The molecule has 2 rings (SSSR count). The van der Waals surface area contributed by atoms with Crippen molar-refractivity contribution in [1.82, 2.24) is 20.4 Å². The highest BCUT2D eigenvalue weighted by Crippen LogP contribution is 2.28. The Morgan fingerprint density at radius 2 is 2.00 bits per heavy atom. The van der Waals surface area contributed by atoms with Crippen LogP contribution in [0.2, 0.25) is 0 Å². The van der Waals surface area contributed by atoms with E-state index in [-0.39, 0.29) is 6.04 Å². The van der Waals surface area contributed by atoms with E-state index in [4.69, 9.17) is 10.6 Å². The number of ether oxygens (including phenoxy) is 1. The Kier molecular flexibility index (Phi) is 3.94. The van der Waals surface area contributed by atoms with Gasteiger partial charge in [0.2, 0.25) is 0 Å². The maximum absolute atomic E-state index is 5.67. The molecule has 0 aliphatic carbocycles. The first-order valence-corrected chi connectivity index (χ1v) is 6.07. The number of hydrogen-bond donors (Lipinski definition) is 2. The van der Waals surface area contributed by atoms with Crippen LogP contribution in [0.3, 0.4) is 0 Å². The van der Waals surface area contributed by atoms with E-state index in [2.05, 4.69) is 15.7 Å². The average molecular weight is 261 g/mol. The van der Waals surface area contributed by atoms with Gasteiger partial charge >= 0.3 is 0 Å². The Hall–Kier alpha value is -1.76. The van der Waals surface area contributed by atoms with Gasteiger partial charge < -0.3 is 4.74 Å². The average Bonchev–Trinajstić information content (AvgIpc) is 2.89. The van der Waals surface area contributed by atoms with Crippen molar-refractivity contribution >= 4 is 0 Å². The zero-order chi connectivity index (χ0) is 13.9. The zero-order valence-corrected chi connectivity index (χ0v) is 11.4. The normalized spacial score (nSPS) is 13.5. The van der Waals surface area contributed by atoms with Crippen LogP contribution >= 0.6 is 0 Å². The molecule has 0 aliphatic rings. The van der Waals surface area contributed by atoms with Gasteiger partial charge in [0, 0.05) is 7.11 Å². The summed E-state index contributed by atoms with van der Waals surface area (Å²) in [4.78, 5) is 0. The van der Waals surface area contributed by atoms with Gasteiger partial charge in [0.05, 0.1) is 29.2 Å². The number of methoxy groups -OCH3 is 1. The standard InChI is InChI=1S/C13H19N5O/c1-13(2,19-3)12(16-14)11-9-15-17-18(11)10-7-5-4-6-8-10/h4-9,12,16H,14H2,1-3H3. The number of para-hydroxylation sites is 1. The van der Waals surface area contributed by atoms with Crippen molar-refractivity contribution in [3.05, 3.63) is 42.2 Å². The van der Waals surface area contributed by atoms with E-state index in [0.717, 1.165) is 11.4 Å². The first-order chi connectivity index (χ1) is 9.10. The number of nitrogens with one attached hydrogen (secondary N) is 1. The Morgan fingerprint density at radius 1 is 1.32 bits per heavy atom. The van der Waals surface area contributed by atoms with E-state index < -0.39 is 5.60 Å². The molecule has 1 unspecified atom stereocenters. The zero-order valence-electron chi connectivity index (χ0n) is 11.4. The topological polar surface area (TPSA) is 78.0 Å². The van der Waals surface area contributed by atoms with Gasteiger partial charge in [-0.25, -0.2) is 10.1 Å². The van der Waals surface area contributed by atoms with Gasteiger partial charge in [-0.15, -0.1) is 5.10 Å². The highest BCUT2D eigenvalue weighted by Gasteiger charge is 2.33. The van der Waals surface area contributed by atoms with Crippen LogP contribution in [0.5, 0.6) is 0 Å². The highest BCUT2D eigenvalue weighted by molar-refractivity contribution is 5.32. The maximum Gasteiger partial charge on any atom is 0.0933 e. The van der Waals surface area contributed by atoms with E-state index in [1.165, 1.54) is 0 Å². The predicted molar refractivity (Wildman–Crippen MR) is 72.5 cm³/mol. The van der Waals surface area contributed by atoms with Gasteiger partial charge in [-0.1, -0.05) is 23.4 Å². The van der Waals surface area contributed by atoms with Crippen molar-refractivity contribution in [3.8, 4) is 5.69 Å². The lowest BCUT2D eigenvalue weighted by Gasteiger charge is -2.32. The molecule has 1 aromatic heterocycles. The maximum atomic E-state index is 5.67. The number of hydrazine groups is 1.